The van der Waals surface area contributed by atoms with Gasteiger partial charge in [0.15, 0.2) is 0 Å². The van der Waals surface area contributed by atoms with Crippen molar-refractivity contribution in [1.29, 1.82) is 0 Å². The number of carbonyl (C=O) groups is 1. The Labute approximate surface area is 103 Å². The summed E-state index contributed by atoms with van der Waals surface area (Å²) in [7, 11) is 6.00. The summed E-state index contributed by atoms with van der Waals surface area (Å²) in [4.78, 5) is 15.8. The van der Waals surface area contributed by atoms with Crippen LogP contribution in [0, 0.1) is 0 Å². The highest BCUT2D eigenvalue weighted by Gasteiger charge is 2.06. The fourth-order valence-electron chi connectivity index (χ4n) is 1.42. The minimum atomic E-state index is 0.0254. The Morgan fingerprint density at radius 2 is 1.76 bits per heavy atom. The summed E-state index contributed by atoms with van der Waals surface area (Å²) >= 11 is 0. The Balaban J connectivity index is 2.29. The van der Waals surface area contributed by atoms with Crippen LogP contribution in [0.15, 0.2) is 30.3 Å². The molecule has 1 aromatic rings. The van der Waals surface area contributed by atoms with E-state index in [4.69, 9.17) is 0 Å². The normalized spacial score (nSPS) is 10.9. The summed E-state index contributed by atoms with van der Waals surface area (Å²) in [6.45, 7) is 2.26. The number of rotatable bonds is 6. The average Bonchev–Trinajstić information content (AvgIpc) is 2.27. The summed E-state index contributed by atoms with van der Waals surface area (Å²) in [6.07, 6.45) is 0. The summed E-state index contributed by atoms with van der Waals surface area (Å²) in [5.74, 6) is 0.0254. The third kappa shape index (κ3) is 6.04. The van der Waals surface area contributed by atoms with Crippen LogP contribution in [0.4, 0.5) is 5.69 Å². The zero-order chi connectivity index (χ0) is 12.7. The van der Waals surface area contributed by atoms with Crippen LogP contribution in [0.2, 0.25) is 0 Å². The van der Waals surface area contributed by atoms with Crippen molar-refractivity contribution in [3.8, 4) is 0 Å². The molecular formula is C13H21N3O. The first kappa shape index (κ1) is 13.7. The van der Waals surface area contributed by atoms with E-state index in [9.17, 15) is 4.79 Å². The number of para-hydroxylation sites is 1. The van der Waals surface area contributed by atoms with E-state index in [-0.39, 0.29) is 5.91 Å². The molecule has 0 unspecified atom stereocenters. The van der Waals surface area contributed by atoms with Gasteiger partial charge >= 0.3 is 0 Å². The largest absolute Gasteiger partial charge is 0.325 e. The van der Waals surface area contributed by atoms with E-state index in [0.29, 0.717) is 6.54 Å². The van der Waals surface area contributed by atoms with Gasteiger partial charge in [-0.3, -0.25) is 9.69 Å². The first-order chi connectivity index (χ1) is 8.08. The molecule has 0 heterocycles. The van der Waals surface area contributed by atoms with Crippen LogP contribution in [0.1, 0.15) is 0 Å². The fourth-order valence-corrected chi connectivity index (χ4v) is 1.42. The van der Waals surface area contributed by atoms with E-state index in [1.807, 2.05) is 56.4 Å². The summed E-state index contributed by atoms with van der Waals surface area (Å²) in [6, 6.07) is 9.52. The van der Waals surface area contributed by atoms with Crippen LogP contribution in [0.25, 0.3) is 0 Å². The van der Waals surface area contributed by atoms with Crippen molar-refractivity contribution in [3.63, 3.8) is 0 Å². The van der Waals surface area contributed by atoms with Crippen molar-refractivity contribution in [2.75, 3.05) is 46.1 Å². The van der Waals surface area contributed by atoms with Gasteiger partial charge in [0.25, 0.3) is 0 Å². The lowest BCUT2D eigenvalue weighted by molar-refractivity contribution is -0.117. The Morgan fingerprint density at radius 1 is 1.12 bits per heavy atom. The number of amides is 1. The maximum absolute atomic E-state index is 11.7. The lowest BCUT2D eigenvalue weighted by Gasteiger charge is -2.18. The SMILES string of the molecule is CN(C)CCN(C)CC(=O)Nc1ccccc1. The highest BCUT2D eigenvalue weighted by molar-refractivity contribution is 5.92. The molecule has 1 amide bonds. The van der Waals surface area contributed by atoms with Crippen LogP contribution in [-0.2, 0) is 4.79 Å². The molecule has 0 aliphatic heterocycles. The fraction of sp³-hybridized carbons (Fsp3) is 0.462. The van der Waals surface area contributed by atoms with Crippen LogP contribution >= 0.6 is 0 Å². The standard InChI is InChI=1S/C13H21N3O/c1-15(2)9-10-16(3)11-13(17)14-12-7-5-4-6-8-12/h4-8H,9-11H2,1-3H3,(H,14,17). The Morgan fingerprint density at radius 3 is 2.35 bits per heavy atom. The first-order valence-electron chi connectivity index (χ1n) is 5.76. The van der Waals surface area contributed by atoms with Gasteiger partial charge in [-0.2, -0.15) is 0 Å². The predicted molar refractivity (Wildman–Crippen MR) is 71.1 cm³/mol. The van der Waals surface area contributed by atoms with Crippen molar-refractivity contribution < 1.29 is 4.79 Å². The zero-order valence-electron chi connectivity index (χ0n) is 10.8. The number of carbonyl (C=O) groups excluding carboxylic acids is 1. The molecule has 0 spiro atoms. The lowest BCUT2D eigenvalue weighted by Crippen LogP contribution is -2.34. The van der Waals surface area contributed by atoms with Crippen molar-refractivity contribution in [2.24, 2.45) is 0 Å². The van der Waals surface area contributed by atoms with Gasteiger partial charge in [0, 0.05) is 18.8 Å². The van der Waals surface area contributed by atoms with Crippen LogP contribution in [0.3, 0.4) is 0 Å². The molecule has 1 aromatic carbocycles. The third-order valence-corrected chi connectivity index (χ3v) is 2.40. The minimum Gasteiger partial charge on any atom is -0.325 e. The summed E-state index contributed by atoms with van der Waals surface area (Å²) in [5.41, 5.74) is 0.846. The molecular weight excluding hydrogens is 214 g/mol. The predicted octanol–water partition coefficient (Wildman–Crippen LogP) is 1.12. The van der Waals surface area contributed by atoms with Crippen LogP contribution in [0.5, 0.6) is 0 Å². The molecule has 0 aromatic heterocycles. The van der Waals surface area contributed by atoms with E-state index in [0.717, 1.165) is 18.8 Å². The second kappa shape index (κ2) is 7.04. The number of benzene rings is 1. The molecule has 0 atom stereocenters. The van der Waals surface area contributed by atoms with Crippen LogP contribution < -0.4 is 5.32 Å². The Hall–Kier alpha value is -1.39. The van der Waals surface area contributed by atoms with Crippen molar-refractivity contribution in [3.05, 3.63) is 30.3 Å². The number of nitrogens with zero attached hydrogens (tertiary/aromatic N) is 2. The second-order valence-electron chi connectivity index (χ2n) is 4.46. The Kier molecular flexibility index (Phi) is 5.66. The zero-order valence-corrected chi connectivity index (χ0v) is 10.8. The summed E-state index contributed by atoms with van der Waals surface area (Å²) < 4.78 is 0. The van der Waals surface area contributed by atoms with Gasteiger partial charge in [-0.25, -0.2) is 0 Å². The van der Waals surface area contributed by atoms with Crippen molar-refractivity contribution in [1.82, 2.24) is 9.80 Å². The van der Waals surface area contributed by atoms with Gasteiger partial charge in [0.1, 0.15) is 0 Å². The van der Waals surface area contributed by atoms with E-state index in [1.165, 1.54) is 0 Å². The molecule has 4 nitrogen and oxygen atoms in total. The van der Waals surface area contributed by atoms with Crippen molar-refractivity contribution in [2.45, 2.75) is 0 Å². The van der Waals surface area contributed by atoms with Gasteiger partial charge in [-0.05, 0) is 33.3 Å². The molecule has 17 heavy (non-hydrogen) atoms. The third-order valence-electron chi connectivity index (χ3n) is 2.40. The summed E-state index contributed by atoms with van der Waals surface area (Å²) in [5, 5.41) is 2.87. The molecule has 0 saturated heterocycles. The molecule has 0 aliphatic carbocycles. The monoisotopic (exact) mass is 235 g/mol. The van der Waals surface area contributed by atoms with Crippen molar-refractivity contribution >= 4 is 11.6 Å². The molecule has 1 rings (SSSR count). The average molecular weight is 235 g/mol. The number of likely N-dealkylation sites (N-methyl/N-ethyl adjacent to an activating group) is 2. The number of hydrogen-bond donors (Lipinski definition) is 1. The maximum Gasteiger partial charge on any atom is 0.238 e. The van der Waals surface area contributed by atoms with E-state index >= 15 is 0 Å². The number of hydrogen-bond acceptors (Lipinski definition) is 3. The highest BCUT2D eigenvalue weighted by atomic mass is 16.2. The van der Waals surface area contributed by atoms with Gasteiger partial charge in [0.2, 0.25) is 5.91 Å². The smallest absolute Gasteiger partial charge is 0.238 e. The molecule has 0 bridgehead atoms. The molecule has 0 radical (unpaired) electrons. The second-order valence-corrected chi connectivity index (χ2v) is 4.46. The number of anilines is 1. The molecule has 1 N–H and O–H groups in total. The minimum absolute atomic E-state index is 0.0254. The van der Waals surface area contributed by atoms with Gasteiger partial charge in [-0.15, -0.1) is 0 Å². The quantitative estimate of drug-likeness (QED) is 0.802. The first-order valence-corrected chi connectivity index (χ1v) is 5.76. The van der Waals surface area contributed by atoms with Gasteiger partial charge < -0.3 is 10.2 Å². The lowest BCUT2D eigenvalue weighted by atomic mass is 10.3. The highest BCUT2D eigenvalue weighted by Crippen LogP contribution is 2.04. The maximum atomic E-state index is 11.7. The van der Waals surface area contributed by atoms with E-state index in [2.05, 4.69) is 10.2 Å². The number of nitrogens with one attached hydrogen (secondary N) is 1. The molecule has 0 fully saturated rings. The van der Waals surface area contributed by atoms with Gasteiger partial charge in [-0.1, -0.05) is 18.2 Å². The van der Waals surface area contributed by atoms with Crippen LogP contribution in [-0.4, -0.2) is 56.5 Å². The topological polar surface area (TPSA) is 35.6 Å². The Bertz CT molecular complexity index is 338. The molecule has 0 saturated carbocycles. The van der Waals surface area contributed by atoms with Gasteiger partial charge in [0.05, 0.1) is 6.54 Å². The molecule has 94 valence electrons. The van der Waals surface area contributed by atoms with E-state index in [1.54, 1.807) is 0 Å². The van der Waals surface area contributed by atoms with E-state index < -0.39 is 0 Å². The molecule has 4 heteroatoms. The molecule has 0 aliphatic rings.